The summed E-state index contributed by atoms with van der Waals surface area (Å²) in [4.78, 5) is 12.6. The van der Waals surface area contributed by atoms with E-state index in [0.29, 0.717) is 5.92 Å². The molecule has 0 aromatic carbocycles. The fraction of sp³-hybridized carbons (Fsp3) is 0.769. The molecular formula is C13H19N5. The van der Waals surface area contributed by atoms with Crippen LogP contribution in [0.5, 0.6) is 0 Å². The minimum Gasteiger partial charge on any atom is -0.368 e. The minimum absolute atomic E-state index is 0.270. The van der Waals surface area contributed by atoms with Crippen LogP contribution in [0.4, 0.5) is 11.9 Å². The Hall–Kier alpha value is -1.39. The van der Waals surface area contributed by atoms with Crippen LogP contribution in [0, 0.1) is 23.7 Å². The monoisotopic (exact) mass is 245 g/mol. The average molecular weight is 245 g/mol. The summed E-state index contributed by atoms with van der Waals surface area (Å²) in [5.41, 5.74) is 11.4. The third-order valence-electron chi connectivity index (χ3n) is 5.21. The summed E-state index contributed by atoms with van der Waals surface area (Å²) in [5.74, 6) is 5.29. The first kappa shape index (κ1) is 10.5. The molecule has 4 bridgehead atoms. The van der Waals surface area contributed by atoms with Crippen molar-refractivity contribution < 1.29 is 0 Å². The van der Waals surface area contributed by atoms with Crippen molar-refractivity contribution in [1.82, 2.24) is 15.0 Å². The van der Waals surface area contributed by atoms with Crippen molar-refractivity contribution in [2.75, 3.05) is 11.5 Å². The summed E-state index contributed by atoms with van der Waals surface area (Å²) in [6.07, 6.45) is 6.86. The van der Waals surface area contributed by atoms with E-state index >= 15 is 0 Å². The van der Waals surface area contributed by atoms with Gasteiger partial charge in [-0.15, -0.1) is 0 Å². The van der Waals surface area contributed by atoms with E-state index in [4.69, 9.17) is 11.5 Å². The molecule has 5 rings (SSSR count). The molecule has 0 amide bonds. The van der Waals surface area contributed by atoms with Crippen LogP contribution in [0.25, 0.3) is 0 Å². The zero-order valence-electron chi connectivity index (χ0n) is 10.4. The number of hydrogen-bond donors (Lipinski definition) is 2. The van der Waals surface area contributed by atoms with E-state index in [-0.39, 0.29) is 11.9 Å². The van der Waals surface area contributed by atoms with Gasteiger partial charge in [-0.1, -0.05) is 0 Å². The first-order valence-electron chi connectivity index (χ1n) is 6.96. The summed E-state index contributed by atoms with van der Waals surface area (Å²) in [6.45, 7) is 0. The van der Waals surface area contributed by atoms with E-state index < -0.39 is 0 Å². The van der Waals surface area contributed by atoms with Gasteiger partial charge in [0, 0.05) is 5.92 Å². The number of anilines is 2. The van der Waals surface area contributed by atoms with Gasteiger partial charge in [-0.05, 0) is 55.8 Å². The zero-order chi connectivity index (χ0) is 12.3. The van der Waals surface area contributed by atoms with Crippen molar-refractivity contribution in [3.05, 3.63) is 5.82 Å². The Morgan fingerprint density at radius 1 is 0.722 bits per heavy atom. The van der Waals surface area contributed by atoms with Gasteiger partial charge in [0.15, 0.2) is 0 Å². The SMILES string of the molecule is Nc1nc(N)nc(C2C3CC4CC(C3)CC2C4)n1. The Bertz CT molecular complexity index is 438. The average Bonchev–Trinajstić information content (AvgIpc) is 2.25. The van der Waals surface area contributed by atoms with E-state index in [0.717, 1.165) is 29.5 Å². The number of nitrogens with zero attached hydrogens (tertiary/aromatic N) is 3. The van der Waals surface area contributed by atoms with Crippen molar-refractivity contribution >= 4 is 11.9 Å². The largest absolute Gasteiger partial charge is 0.368 e. The summed E-state index contributed by atoms with van der Waals surface area (Å²) in [7, 11) is 0. The molecule has 1 heterocycles. The molecule has 4 fully saturated rings. The third kappa shape index (κ3) is 1.49. The highest BCUT2D eigenvalue weighted by Gasteiger charge is 2.49. The highest BCUT2D eigenvalue weighted by Crippen LogP contribution is 2.59. The maximum absolute atomic E-state index is 5.71. The number of nitrogens with two attached hydrogens (primary N) is 2. The van der Waals surface area contributed by atoms with Gasteiger partial charge in [0.05, 0.1) is 0 Å². The molecule has 5 nitrogen and oxygen atoms in total. The summed E-state index contributed by atoms with van der Waals surface area (Å²) >= 11 is 0. The van der Waals surface area contributed by atoms with Crippen molar-refractivity contribution in [3.8, 4) is 0 Å². The van der Waals surface area contributed by atoms with Crippen molar-refractivity contribution in [1.29, 1.82) is 0 Å². The fourth-order valence-corrected chi connectivity index (χ4v) is 4.92. The van der Waals surface area contributed by atoms with Crippen LogP contribution in [0.15, 0.2) is 0 Å². The van der Waals surface area contributed by atoms with Crippen LogP contribution in [-0.2, 0) is 0 Å². The van der Waals surface area contributed by atoms with E-state index in [1.165, 1.54) is 32.1 Å². The molecular weight excluding hydrogens is 226 g/mol. The van der Waals surface area contributed by atoms with Gasteiger partial charge < -0.3 is 11.5 Å². The maximum atomic E-state index is 5.71. The number of hydrogen-bond acceptors (Lipinski definition) is 5. The number of aromatic nitrogens is 3. The molecule has 4 aliphatic rings. The predicted octanol–water partition coefficient (Wildman–Crippen LogP) is 1.58. The summed E-state index contributed by atoms with van der Waals surface area (Å²) in [6, 6.07) is 0. The second-order valence-corrected chi connectivity index (χ2v) is 6.37. The van der Waals surface area contributed by atoms with Gasteiger partial charge in [0.1, 0.15) is 5.82 Å². The fourth-order valence-electron chi connectivity index (χ4n) is 4.92. The zero-order valence-corrected chi connectivity index (χ0v) is 10.4. The summed E-state index contributed by atoms with van der Waals surface area (Å²) in [5, 5.41) is 0. The van der Waals surface area contributed by atoms with Gasteiger partial charge in [0.25, 0.3) is 0 Å². The standard InChI is InChI=1S/C13H19N5/c14-12-16-11(17-13(15)18-12)10-8-2-6-1-7(4-8)5-9(10)3-6/h6-10H,1-5H2,(H4,14,15,16,17,18). The van der Waals surface area contributed by atoms with E-state index in [1.807, 2.05) is 0 Å². The van der Waals surface area contributed by atoms with E-state index in [9.17, 15) is 0 Å². The lowest BCUT2D eigenvalue weighted by molar-refractivity contribution is -0.00560. The normalized spacial score (nSPS) is 41.2. The van der Waals surface area contributed by atoms with Gasteiger partial charge in [-0.2, -0.15) is 15.0 Å². The quantitative estimate of drug-likeness (QED) is 0.783. The van der Waals surface area contributed by atoms with Crippen LogP contribution in [-0.4, -0.2) is 15.0 Å². The van der Waals surface area contributed by atoms with Crippen molar-refractivity contribution in [2.24, 2.45) is 23.7 Å². The molecule has 0 radical (unpaired) electrons. The molecule has 4 N–H and O–H groups in total. The molecule has 4 saturated carbocycles. The minimum atomic E-state index is 0.270. The molecule has 4 aliphatic carbocycles. The Labute approximate surface area is 106 Å². The van der Waals surface area contributed by atoms with Crippen LogP contribution in [0.1, 0.15) is 43.8 Å². The van der Waals surface area contributed by atoms with Gasteiger partial charge >= 0.3 is 0 Å². The molecule has 0 saturated heterocycles. The Morgan fingerprint density at radius 3 is 1.72 bits per heavy atom. The Balaban J connectivity index is 1.72. The van der Waals surface area contributed by atoms with Crippen LogP contribution in [0.3, 0.4) is 0 Å². The molecule has 5 heteroatoms. The molecule has 18 heavy (non-hydrogen) atoms. The lowest BCUT2D eigenvalue weighted by Crippen LogP contribution is -2.44. The van der Waals surface area contributed by atoms with Crippen molar-refractivity contribution in [2.45, 2.75) is 38.0 Å². The van der Waals surface area contributed by atoms with Crippen LogP contribution in [0.2, 0.25) is 0 Å². The highest BCUT2D eigenvalue weighted by molar-refractivity contribution is 5.28. The Morgan fingerprint density at radius 2 is 1.22 bits per heavy atom. The molecule has 0 spiro atoms. The number of nitrogen functional groups attached to an aromatic ring is 2. The molecule has 0 unspecified atom stereocenters. The van der Waals surface area contributed by atoms with Gasteiger partial charge in [-0.3, -0.25) is 0 Å². The van der Waals surface area contributed by atoms with E-state index in [2.05, 4.69) is 15.0 Å². The van der Waals surface area contributed by atoms with E-state index in [1.54, 1.807) is 0 Å². The number of rotatable bonds is 1. The van der Waals surface area contributed by atoms with Gasteiger partial charge in [0.2, 0.25) is 11.9 Å². The molecule has 0 aliphatic heterocycles. The molecule has 0 atom stereocenters. The Kier molecular flexibility index (Phi) is 2.08. The lowest BCUT2D eigenvalue weighted by Gasteiger charge is -2.53. The first-order valence-corrected chi connectivity index (χ1v) is 6.96. The maximum Gasteiger partial charge on any atom is 0.225 e. The topological polar surface area (TPSA) is 90.7 Å². The second kappa shape index (κ2) is 3.56. The second-order valence-electron chi connectivity index (χ2n) is 6.37. The van der Waals surface area contributed by atoms with Gasteiger partial charge in [-0.25, -0.2) is 0 Å². The van der Waals surface area contributed by atoms with Crippen LogP contribution < -0.4 is 11.5 Å². The third-order valence-corrected chi connectivity index (χ3v) is 5.21. The smallest absolute Gasteiger partial charge is 0.225 e. The predicted molar refractivity (Wildman–Crippen MR) is 68.4 cm³/mol. The lowest BCUT2D eigenvalue weighted by atomic mass is 9.51. The molecule has 96 valence electrons. The highest BCUT2D eigenvalue weighted by atomic mass is 15.1. The summed E-state index contributed by atoms with van der Waals surface area (Å²) < 4.78 is 0. The first-order chi connectivity index (χ1) is 8.69. The molecule has 1 aromatic heterocycles. The molecule has 1 aromatic rings. The van der Waals surface area contributed by atoms with Crippen molar-refractivity contribution in [3.63, 3.8) is 0 Å². The van der Waals surface area contributed by atoms with Crippen LogP contribution >= 0.6 is 0 Å².